The molecule has 0 radical (unpaired) electrons. The highest BCUT2D eigenvalue weighted by Crippen LogP contribution is 2.27. The molecule has 1 heterocycles. The Balaban J connectivity index is 1.75. The van der Waals surface area contributed by atoms with Gasteiger partial charge in [0.05, 0.1) is 9.93 Å². The molecule has 0 spiro atoms. The number of carbonyl (C=O) groups is 2. The van der Waals surface area contributed by atoms with Crippen molar-refractivity contribution in [3.63, 3.8) is 0 Å². The fourth-order valence-corrected chi connectivity index (χ4v) is 2.99. The molecule has 24 heavy (non-hydrogen) atoms. The highest BCUT2D eigenvalue weighted by molar-refractivity contribution is 8.18. The molecule has 1 fully saturated rings. The van der Waals surface area contributed by atoms with Crippen LogP contribution in [0.15, 0.2) is 47.4 Å². The second-order valence-corrected chi connectivity index (χ2v) is 6.34. The molecule has 0 atom stereocenters. The lowest BCUT2D eigenvalue weighted by molar-refractivity contribution is -0.115. The maximum atomic E-state index is 13.7. The largest absolute Gasteiger partial charge is 0.489 e. The molecule has 122 valence electrons. The second kappa shape index (κ2) is 7.07. The highest BCUT2D eigenvalue weighted by atomic mass is 35.5. The molecule has 2 amide bonds. The SMILES string of the molecule is O=C1NC(=O)/C(=C/c2cccc(OCc3c(F)cccc3Cl)c2)S1. The van der Waals surface area contributed by atoms with Crippen molar-refractivity contribution in [1.29, 1.82) is 0 Å². The minimum absolute atomic E-state index is 0.0146. The first-order chi connectivity index (χ1) is 11.5. The number of rotatable bonds is 4. The lowest BCUT2D eigenvalue weighted by Crippen LogP contribution is -2.17. The van der Waals surface area contributed by atoms with E-state index in [0.29, 0.717) is 21.2 Å². The maximum absolute atomic E-state index is 13.7. The van der Waals surface area contributed by atoms with Crippen molar-refractivity contribution in [3.8, 4) is 5.75 Å². The number of benzene rings is 2. The van der Waals surface area contributed by atoms with E-state index >= 15 is 0 Å². The van der Waals surface area contributed by atoms with E-state index in [9.17, 15) is 14.0 Å². The molecular formula is C17H11ClFNO3S. The molecule has 1 aliphatic heterocycles. The average molecular weight is 364 g/mol. The summed E-state index contributed by atoms with van der Waals surface area (Å²) in [5.41, 5.74) is 0.971. The smallest absolute Gasteiger partial charge is 0.290 e. The quantitative estimate of drug-likeness (QED) is 0.819. The summed E-state index contributed by atoms with van der Waals surface area (Å²) in [6.07, 6.45) is 1.59. The first kappa shape index (κ1) is 16.5. The molecule has 4 nitrogen and oxygen atoms in total. The van der Waals surface area contributed by atoms with E-state index in [1.807, 2.05) is 0 Å². The van der Waals surface area contributed by atoms with Crippen LogP contribution in [0.2, 0.25) is 5.02 Å². The summed E-state index contributed by atoms with van der Waals surface area (Å²) in [6, 6.07) is 11.4. The van der Waals surface area contributed by atoms with Crippen molar-refractivity contribution in [3.05, 3.63) is 69.3 Å². The van der Waals surface area contributed by atoms with Crippen molar-refractivity contribution in [2.75, 3.05) is 0 Å². The Hall–Kier alpha value is -2.31. The van der Waals surface area contributed by atoms with Gasteiger partial charge in [-0.05, 0) is 47.7 Å². The molecule has 0 saturated carbocycles. The van der Waals surface area contributed by atoms with Gasteiger partial charge in [-0.15, -0.1) is 0 Å². The van der Waals surface area contributed by atoms with Gasteiger partial charge in [0.1, 0.15) is 18.2 Å². The van der Waals surface area contributed by atoms with Crippen molar-refractivity contribution in [2.24, 2.45) is 0 Å². The van der Waals surface area contributed by atoms with Gasteiger partial charge in [0.15, 0.2) is 0 Å². The van der Waals surface area contributed by atoms with Gasteiger partial charge in [-0.1, -0.05) is 29.8 Å². The van der Waals surface area contributed by atoms with Crippen molar-refractivity contribution >= 4 is 40.6 Å². The summed E-state index contributed by atoms with van der Waals surface area (Å²) in [5, 5.41) is 2.09. The van der Waals surface area contributed by atoms with Crippen LogP contribution in [0.1, 0.15) is 11.1 Å². The molecule has 1 saturated heterocycles. The van der Waals surface area contributed by atoms with Gasteiger partial charge in [-0.2, -0.15) is 0 Å². The average Bonchev–Trinajstić information content (AvgIpc) is 2.85. The fourth-order valence-electron chi connectivity index (χ4n) is 2.09. The third kappa shape index (κ3) is 3.77. The minimum atomic E-state index is -0.432. The maximum Gasteiger partial charge on any atom is 0.290 e. The molecule has 7 heteroatoms. The number of ether oxygens (including phenoxy) is 1. The number of hydrogen-bond donors (Lipinski definition) is 1. The van der Waals surface area contributed by atoms with Crippen molar-refractivity contribution < 1.29 is 18.7 Å². The van der Waals surface area contributed by atoms with E-state index in [2.05, 4.69) is 5.32 Å². The number of imide groups is 1. The Bertz CT molecular complexity index is 833. The normalized spacial score (nSPS) is 15.7. The first-order valence-electron chi connectivity index (χ1n) is 6.93. The lowest BCUT2D eigenvalue weighted by atomic mass is 10.2. The zero-order valence-corrected chi connectivity index (χ0v) is 13.8. The van der Waals surface area contributed by atoms with E-state index in [0.717, 1.165) is 11.8 Å². The highest BCUT2D eigenvalue weighted by Gasteiger charge is 2.24. The van der Waals surface area contributed by atoms with E-state index in [1.165, 1.54) is 12.1 Å². The predicted molar refractivity (Wildman–Crippen MR) is 91.3 cm³/mol. The molecule has 1 N–H and O–H groups in total. The van der Waals surface area contributed by atoms with Crippen LogP contribution in [0.25, 0.3) is 6.08 Å². The zero-order valence-electron chi connectivity index (χ0n) is 12.2. The number of amides is 2. The number of carbonyl (C=O) groups excluding carboxylic acids is 2. The zero-order chi connectivity index (χ0) is 17.1. The Morgan fingerprint density at radius 3 is 2.71 bits per heavy atom. The Kier molecular flexibility index (Phi) is 4.87. The summed E-state index contributed by atoms with van der Waals surface area (Å²) < 4.78 is 19.3. The molecule has 1 aliphatic rings. The lowest BCUT2D eigenvalue weighted by Gasteiger charge is -2.09. The summed E-state index contributed by atoms with van der Waals surface area (Å²) in [4.78, 5) is 23.0. The second-order valence-electron chi connectivity index (χ2n) is 4.91. The number of halogens is 2. The molecule has 0 bridgehead atoms. The van der Waals surface area contributed by atoms with Crippen molar-refractivity contribution in [1.82, 2.24) is 5.32 Å². The van der Waals surface area contributed by atoms with Gasteiger partial charge in [0.25, 0.3) is 11.1 Å². The van der Waals surface area contributed by atoms with Crippen LogP contribution >= 0.6 is 23.4 Å². The number of nitrogens with one attached hydrogen (secondary N) is 1. The molecule has 2 aromatic rings. The van der Waals surface area contributed by atoms with Gasteiger partial charge >= 0.3 is 0 Å². The molecule has 2 aromatic carbocycles. The van der Waals surface area contributed by atoms with Gasteiger partial charge in [-0.25, -0.2) is 4.39 Å². The number of hydrogen-bond acceptors (Lipinski definition) is 4. The van der Waals surface area contributed by atoms with E-state index in [-0.39, 0.29) is 12.2 Å². The number of thioether (sulfide) groups is 1. The standard InChI is InChI=1S/C17H11ClFNO3S/c18-13-5-2-6-14(19)12(13)9-23-11-4-1-3-10(7-11)8-15-16(21)20-17(22)24-15/h1-8H,9H2,(H,20,21,22)/b15-8-. The van der Waals surface area contributed by atoms with Gasteiger partial charge in [-0.3, -0.25) is 14.9 Å². The van der Waals surface area contributed by atoms with Crippen LogP contribution in [0.4, 0.5) is 9.18 Å². The van der Waals surface area contributed by atoms with Crippen LogP contribution in [-0.2, 0) is 11.4 Å². The molecule has 0 aliphatic carbocycles. The third-order valence-corrected chi connectivity index (χ3v) is 4.41. The van der Waals surface area contributed by atoms with Crippen LogP contribution < -0.4 is 10.1 Å². The topological polar surface area (TPSA) is 55.4 Å². The molecule has 0 aromatic heterocycles. The monoisotopic (exact) mass is 363 g/mol. The third-order valence-electron chi connectivity index (χ3n) is 3.24. The first-order valence-corrected chi connectivity index (χ1v) is 8.13. The summed E-state index contributed by atoms with van der Waals surface area (Å²) >= 11 is 6.80. The fraction of sp³-hybridized carbons (Fsp3) is 0.0588. The molecule has 3 rings (SSSR count). The van der Waals surface area contributed by atoms with E-state index in [4.69, 9.17) is 16.3 Å². The van der Waals surface area contributed by atoms with Gasteiger partial charge in [0.2, 0.25) is 0 Å². The Morgan fingerprint density at radius 2 is 2.00 bits per heavy atom. The van der Waals surface area contributed by atoms with Crippen LogP contribution in [0, 0.1) is 5.82 Å². The van der Waals surface area contributed by atoms with E-state index < -0.39 is 17.0 Å². The summed E-state index contributed by atoms with van der Waals surface area (Å²) in [5.74, 6) is -0.355. The van der Waals surface area contributed by atoms with Gasteiger partial charge in [0, 0.05) is 5.56 Å². The van der Waals surface area contributed by atoms with Crippen LogP contribution in [-0.4, -0.2) is 11.1 Å². The summed E-state index contributed by atoms with van der Waals surface area (Å²) in [7, 11) is 0. The van der Waals surface area contributed by atoms with Crippen molar-refractivity contribution in [2.45, 2.75) is 6.61 Å². The molecule has 0 unspecified atom stereocenters. The van der Waals surface area contributed by atoms with E-state index in [1.54, 1.807) is 36.4 Å². The summed E-state index contributed by atoms with van der Waals surface area (Å²) in [6.45, 7) is -0.0146. The predicted octanol–water partition coefficient (Wildman–Crippen LogP) is 4.38. The van der Waals surface area contributed by atoms with Crippen LogP contribution in [0.3, 0.4) is 0 Å². The van der Waals surface area contributed by atoms with Gasteiger partial charge < -0.3 is 4.74 Å². The Morgan fingerprint density at radius 1 is 1.21 bits per heavy atom. The van der Waals surface area contributed by atoms with Crippen LogP contribution in [0.5, 0.6) is 5.75 Å². The minimum Gasteiger partial charge on any atom is -0.489 e. The Labute approximate surface area is 146 Å². The molecular weight excluding hydrogens is 353 g/mol.